The average molecular weight is 413 g/mol. The molecule has 1 aliphatic carbocycles. The summed E-state index contributed by atoms with van der Waals surface area (Å²) in [5.74, 6) is 1.75. The number of aliphatic hydroxyl groups is 1. The Morgan fingerprint density at radius 3 is 2.77 bits per heavy atom. The summed E-state index contributed by atoms with van der Waals surface area (Å²) in [6, 6.07) is 2.14. The third-order valence-corrected chi connectivity index (χ3v) is 7.79. The molecule has 3 aliphatic heterocycles. The van der Waals surface area contributed by atoms with Gasteiger partial charge in [-0.3, -0.25) is 4.90 Å². The first kappa shape index (κ1) is 20.3. The van der Waals surface area contributed by atoms with Crippen molar-refractivity contribution in [1.82, 2.24) is 9.80 Å². The van der Waals surface area contributed by atoms with Crippen LogP contribution in [-0.2, 0) is 12.0 Å². The van der Waals surface area contributed by atoms with Crippen LogP contribution in [0.25, 0.3) is 0 Å². The average Bonchev–Trinajstić information content (AvgIpc) is 2.98. The molecule has 3 heterocycles. The monoisotopic (exact) mass is 412 g/mol. The summed E-state index contributed by atoms with van der Waals surface area (Å²) in [4.78, 5) is 5.28. The molecule has 1 saturated heterocycles. The van der Waals surface area contributed by atoms with Crippen molar-refractivity contribution in [2.75, 3.05) is 39.8 Å². The molecule has 0 saturated carbocycles. The Bertz CT molecular complexity index is 817. The van der Waals surface area contributed by atoms with E-state index in [0.29, 0.717) is 6.42 Å². The molecule has 0 radical (unpaired) electrons. The van der Waals surface area contributed by atoms with E-state index in [1.165, 1.54) is 62.0 Å². The van der Waals surface area contributed by atoms with Gasteiger partial charge in [0.1, 0.15) is 6.10 Å². The van der Waals surface area contributed by atoms with Gasteiger partial charge >= 0.3 is 0 Å². The van der Waals surface area contributed by atoms with Gasteiger partial charge in [-0.05, 0) is 82.5 Å². The highest BCUT2D eigenvalue weighted by molar-refractivity contribution is 5.63. The molecular formula is C25H36N2O3. The van der Waals surface area contributed by atoms with Gasteiger partial charge in [0.2, 0.25) is 0 Å². The van der Waals surface area contributed by atoms with Gasteiger partial charge in [-0.1, -0.05) is 18.6 Å². The summed E-state index contributed by atoms with van der Waals surface area (Å²) in [6.45, 7) is 9.17. The molecule has 1 aromatic rings. The van der Waals surface area contributed by atoms with Gasteiger partial charge in [-0.15, -0.1) is 0 Å². The van der Waals surface area contributed by atoms with Crippen LogP contribution in [0.3, 0.4) is 0 Å². The first-order chi connectivity index (χ1) is 14.6. The van der Waals surface area contributed by atoms with Crippen molar-refractivity contribution in [3.8, 4) is 11.5 Å². The van der Waals surface area contributed by atoms with E-state index in [1.54, 1.807) is 7.11 Å². The van der Waals surface area contributed by atoms with Gasteiger partial charge in [0.05, 0.1) is 18.6 Å². The smallest absolute Gasteiger partial charge is 0.166 e. The minimum Gasteiger partial charge on any atom is -0.493 e. The van der Waals surface area contributed by atoms with E-state index < -0.39 is 6.10 Å². The lowest BCUT2D eigenvalue weighted by Gasteiger charge is -2.36. The van der Waals surface area contributed by atoms with E-state index >= 15 is 0 Å². The molecule has 0 bridgehead atoms. The molecule has 164 valence electrons. The molecule has 4 aliphatic rings. The second-order valence-corrected chi connectivity index (χ2v) is 9.67. The molecule has 0 amide bonds. The molecule has 1 fully saturated rings. The third-order valence-electron chi connectivity index (χ3n) is 7.79. The zero-order valence-electron chi connectivity index (χ0n) is 18.5. The van der Waals surface area contributed by atoms with E-state index in [2.05, 4.69) is 28.9 Å². The van der Waals surface area contributed by atoms with Gasteiger partial charge in [-0.25, -0.2) is 0 Å². The predicted molar refractivity (Wildman–Crippen MR) is 118 cm³/mol. The maximum Gasteiger partial charge on any atom is 0.166 e. The number of aryl methyl sites for hydroxylation is 1. The fourth-order valence-corrected chi connectivity index (χ4v) is 6.12. The van der Waals surface area contributed by atoms with E-state index in [0.717, 1.165) is 37.6 Å². The van der Waals surface area contributed by atoms with Gasteiger partial charge in [0, 0.05) is 18.5 Å². The minimum atomic E-state index is -0.422. The molecule has 0 aromatic heterocycles. The molecule has 1 aromatic carbocycles. The SMILES string of the molecule is COc1cc(C)c2c3c1O[C@H]1C[C@@H](O)C=C[C@]31CCN(CCCN1CCCCC1)C2. The molecule has 5 rings (SSSR count). The molecule has 5 heteroatoms. The van der Waals surface area contributed by atoms with E-state index in [-0.39, 0.29) is 11.5 Å². The Kier molecular flexibility index (Phi) is 5.55. The second-order valence-electron chi connectivity index (χ2n) is 9.67. The summed E-state index contributed by atoms with van der Waals surface area (Å²) in [5.41, 5.74) is 3.89. The molecule has 0 unspecified atom stereocenters. The maximum atomic E-state index is 10.3. The lowest BCUT2D eigenvalue weighted by molar-refractivity contribution is 0.0807. The number of likely N-dealkylation sites (tertiary alicyclic amines) is 1. The Morgan fingerprint density at radius 2 is 1.97 bits per heavy atom. The fourth-order valence-electron chi connectivity index (χ4n) is 6.12. The van der Waals surface area contributed by atoms with E-state index in [4.69, 9.17) is 9.47 Å². The van der Waals surface area contributed by atoms with E-state index in [1.807, 2.05) is 6.08 Å². The number of aliphatic hydroxyl groups excluding tert-OH is 1. The Balaban J connectivity index is 1.41. The molecule has 3 atom stereocenters. The fraction of sp³-hybridized carbons (Fsp3) is 0.680. The second kappa shape index (κ2) is 8.18. The summed E-state index contributed by atoms with van der Waals surface area (Å²) < 4.78 is 12.2. The number of hydrogen-bond acceptors (Lipinski definition) is 5. The van der Waals surface area contributed by atoms with E-state index in [9.17, 15) is 5.11 Å². The highest BCUT2D eigenvalue weighted by Gasteiger charge is 2.53. The van der Waals surface area contributed by atoms with Gasteiger partial charge < -0.3 is 19.5 Å². The molecule has 5 nitrogen and oxygen atoms in total. The number of piperidine rings is 1. The zero-order chi connectivity index (χ0) is 20.7. The Labute approximate surface area is 180 Å². The zero-order valence-corrected chi connectivity index (χ0v) is 18.5. The number of hydrogen-bond donors (Lipinski definition) is 1. The van der Waals surface area contributed by atoms with Crippen LogP contribution in [0.2, 0.25) is 0 Å². The van der Waals surface area contributed by atoms with Crippen molar-refractivity contribution < 1.29 is 14.6 Å². The normalized spacial score (nSPS) is 31.0. The predicted octanol–water partition coefficient (Wildman–Crippen LogP) is 3.40. The van der Waals surface area contributed by atoms with Crippen molar-refractivity contribution in [3.05, 3.63) is 34.9 Å². The molecular weight excluding hydrogens is 376 g/mol. The standard InChI is InChI=1S/C25H36N2O3/c1-18-15-21(29-2)24-23-20(18)17-27(13-6-12-26-10-4-3-5-11-26)14-9-25(23)8-7-19(28)16-22(25)30-24/h7-8,15,19,22,28H,3-6,9-14,16-17H2,1-2H3/t19-,22-,25+/m0/s1. The Morgan fingerprint density at radius 1 is 1.17 bits per heavy atom. The first-order valence-corrected chi connectivity index (χ1v) is 11.8. The highest BCUT2D eigenvalue weighted by Crippen LogP contribution is 2.56. The molecule has 30 heavy (non-hydrogen) atoms. The number of methoxy groups -OCH3 is 1. The summed E-state index contributed by atoms with van der Waals surface area (Å²) in [5, 5.41) is 10.3. The Hall–Kier alpha value is -1.56. The summed E-state index contributed by atoms with van der Waals surface area (Å²) >= 11 is 0. The lowest BCUT2D eigenvalue weighted by atomic mass is 9.68. The number of nitrogens with zero attached hydrogens (tertiary/aromatic N) is 2. The van der Waals surface area contributed by atoms with Crippen molar-refractivity contribution in [2.24, 2.45) is 0 Å². The number of benzene rings is 1. The van der Waals surface area contributed by atoms with Crippen molar-refractivity contribution in [3.63, 3.8) is 0 Å². The van der Waals surface area contributed by atoms with Crippen LogP contribution in [0.5, 0.6) is 11.5 Å². The highest BCUT2D eigenvalue weighted by atomic mass is 16.5. The maximum absolute atomic E-state index is 10.3. The number of rotatable bonds is 5. The van der Waals surface area contributed by atoms with Gasteiger partial charge in [0.15, 0.2) is 11.5 Å². The minimum absolute atomic E-state index is 0.00440. The van der Waals surface area contributed by atoms with Gasteiger partial charge in [-0.2, -0.15) is 0 Å². The quantitative estimate of drug-likeness (QED) is 0.751. The van der Waals surface area contributed by atoms with Crippen LogP contribution in [-0.4, -0.2) is 66.9 Å². The first-order valence-electron chi connectivity index (χ1n) is 11.8. The van der Waals surface area contributed by atoms with Crippen LogP contribution >= 0.6 is 0 Å². The van der Waals surface area contributed by atoms with Gasteiger partial charge in [0.25, 0.3) is 0 Å². The largest absolute Gasteiger partial charge is 0.493 e. The van der Waals surface area contributed by atoms with Crippen molar-refractivity contribution in [2.45, 2.75) is 69.6 Å². The molecule has 1 spiro atoms. The van der Waals surface area contributed by atoms with Crippen LogP contribution in [0, 0.1) is 6.92 Å². The van der Waals surface area contributed by atoms with Crippen LogP contribution < -0.4 is 9.47 Å². The van der Waals surface area contributed by atoms with Crippen LogP contribution in [0.15, 0.2) is 18.2 Å². The van der Waals surface area contributed by atoms with Crippen LogP contribution in [0.1, 0.15) is 55.2 Å². The topological polar surface area (TPSA) is 45.2 Å². The summed E-state index contributed by atoms with van der Waals surface area (Å²) in [6.07, 6.45) is 10.9. The van der Waals surface area contributed by atoms with Crippen LogP contribution in [0.4, 0.5) is 0 Å². The molecule has 1 N–H and O–H groups in total. The third kappa shape index (κ3) is 3.45. The lowest BCUT2D eigenvalue weighted by Crippen LogP contribution is -2.43. The van der Waals surface area contributed by atoms with Crippen molar-refractivity contribution >= 4 is 0 Å². The number of ether oxygens (including phenoxy) is 2. The van der Waals surface area contributed by atoms with Crippen molar-refractivity contribution in [1.29, 1.82) is 0 Å². The summed E-state index contributed by atoms with van der Waals surface area (Å²) in [7, 11) is 1.73.